The first-order chi connectivity index (χ1) is 17.4. The first-order valence-electron chi connectivity index (χ1n) is 10.8. The predicted octanol–water partition coefficient (Wildman–Crippen LogP) is 7.59. The van der Waals surface area contributed by atoms with Crippen LogP contribution in [0.15, 0.2) is 93.8 Å². The Kier molecular flexibility index (Phi) is 6.86. The van der Waals surface area contributed by atoms with E-state index in [-0.39, 0.29) is 5.11 Å². The number of hydrogen-bond acceptors (Lipinski definition) is 5. The molecule has 0 unspecified atom stereocenters. The van der Waals surface area contributed by atoms with E-state index in [1.54, 1.807) is 36.4 Å². The second-order valence-corrected chi connectivity index (χ2v) is 8.92. The van der Waals surface area contributed by atoms with E-state index in [1.807, 2.05) is 48.5 Å². The molecule has 0 saturated heterocycles. The highest BCUT2D eigenvalue weighted by molar-refractivity contribution is 7.80. The highest BCUT2D eigenvalue weighted by Gasteiger charge is 2.10. The maximum Gasteiger partial charge on any atom is 0.250 e. The SMILES string of the molecule is O=C(/C=C/c1ccc(-c2ccc(Cl)cc2Cl)o1)NC(=S)Nc1ccc(-c2nc3ccccc3o2)cc1. The molecule has 0 atom stereocenters. The van der Waals surface area contributed by atoms with Crippen LogP contribution in [0.25, 0.3) is 40.0 Å². The molecule has 9 heteroatoms. The summed E-state index contributed by atoms with van der Waals surface area (Å²) in [5.41, 5.74) is 3.77. The van der Waals surface area contributed by atoms with Gasteiger partial charge in [-0.1, -0.05) is 35.3 Å². The van der Waals surface area contributed by atoms with Crippen molar-refractivity contribution >= 4 is 69.3 Å². The monoisotopic (exact) mass is 533 g/mol. The van der Waals surface area contributed by atoms with Crippen molar-refractivity contribution < 1.29 is 13.6 Å². The Morgan fingerprint density at radius 3 is 2.53 bits per heavy atom. The fourth-order valence-electron chi connectivity index (χ4n) is 3.44. The van der Waals surface area contributed by atoms with Gasteiger partial charge in [0.05, 0.1) is 5.02 Å². The number of nitrogens with zero attached hydrogens (tertiary/aromatic N) is 1. The van der Waals surface area contributed by atoms with Crippen molar-refractivity contribution in [3.05, 3.63) is 101 Å². The Morgan fingerprint density at radius 1 is 0.944 bits per heavy atom. The Balaban J connectivity index is 1.17. The summed E-state index contributed by atoms with van der Waals surface area (Å²) in [5, 5.41) is 6.75. The van der Waals surface area contributed by atoms with E-state index in [4.69, 9.17) is 44.3 Å². The number of aromatic nitrogens is 1. The highest BCUT2D eigenvalue weighted by atomic mass is 35.5. The average Bonchev–Trinajstić information content (AvgIpc) is 3.50. The topological polar surface area (TPSA) is 80.3 Å². The summed E-state index contributed by atoms with van der Waals surface area (Å²) in [6, 6.07) is 23.6. The fourth-order valence-corrected chi connectivity index (χ4v) is 4.16. The van der Waals surface area contributed by atoms with E-state index in [2.05, 4.69) is 15.6 Å². The van der Waals surface area contributed by atoms with Gasteiger partial charge in [-0.2, -0.15) is 0 Å². The molecule has 0 aliphatic carbocycles. The molecular weight excluding hydrogens is 517 g/mol. The van der Waals surface area contributed by atoms with Crippen molar-refractivity contribution in [2.24, 2.45) is 0 Å². The largest absolute Gasteiger partial charge is 0.457 e. The molecule has 2 N–H and O–H groups in total. The molecule has 2 heterocycles. The number of oxazole rings is 1. The summed E-state index contributed by atoms with van der Waals surface area (Å²) in [7, 11) is 0. The number of nitrogens with one attached hydrogen (secondary N) is 2. The number of thiocarbonyl (C=S) groups is 1. The van der Waals surface area contributed by atoms with E-state index in [0.717, 1.165) is 16.7 Å². The number of furan rings is 1. The molecule has 3 aromatic carbocycles. The third kappa shape index (κ3) is 5.49. The van der Waals surface area contributed by atoms with E-state index in [0.29, 0.717) is 38.7 Å². The van der Waals surface area contributed by atoms with Crippen LogP contribution in [0.5, 0.6) is 0 Å². The van der Waals surface area contributed by atoms with E-state index >= 15 is 0 Å². The summed E-state index contributed by atoms with van der Waals surface area (Å²) in [6.45, 7) is 0. The smallest absolute Gasteiger partial charge is 0.250 e. The molecule has 5 rings (SSSR count). The standard InChI is InChI=1S/C27H17Cl2N3O3S/c28-17-7-12-20(21(29)15-17)23-13-10-19(34-23)11-14-25(33)32-27(36)30-18-8-5-16(6-9-18)26-31-22-3-1-2-4-24(22)35-26/h1-15H,(H2,30,32,33,36)/b14-11+. The summed E-state index contributed by atoms with van der Waals surface area (Å²) in [6.07, 6.45) is 2.87. The lowest BCUT2D eigenvalue weighted by Gasteiger charge is -2.08. The summed E-state index contributed by atoms with van der Waals surface area (Å²) in [4.78, 5) is 16.8. The molecular formula is C27H17Cl2N3O3S. The molecule has 0 aliphatic rings. The van der Waals surface area contributed by atoms with Crippen LogP contribution in [0.1, 0.15) is 5.76 Å². The van der Waals surface area contributed by atoms with Crippen LogP contribution in [0.4, 0.5) is 5.69 Å². The molecule has 178 valence electrons. The molecule has 0 spiro atoms. The number of fused-ring (bicyclic) bond motifs is 1. The average molecular weight is 534 g/mol. The normalized spacial score (nSPS) is 11.2. The van der Waals surface area contributed by atoms with Gasteiger partial charge in [0.15, 0.2) is 10.7 Å². The third-order valence-electron chi connectivity index (χ3n) is 5.14. The number of rotatable bonds is 5. The van der Waals surface area contributed by atoms with Crippen molar-refractivity contribution in [3.8, 4) is 22.8 Å². The lowest BCUT2D eigenvalue weighted by molar-refractivity contribution is -0.115. The lowest BCUT2D eigenvalue weighted by atomic mass is 10.2. The number of benzene rings is 3. The number of carbonyl (C=O) groups excluding carboxylic acids is 1. The third-order valence-corrected chi connectivity index (χ3v) is 5.89. The fraction of sp³-hybridized carbons (Fsp3) is 0. The minimum absolute atomic E-state index is 0.160. The molecule has 2 aromatic heterocycles. The Labute approximate surface area is 221 Å². The van der Waals surface area contributed by atoms with Crippen LogP contribution in [0.2, 0.25) is 10.0 Å². The van der Waals surface area contributed by atoms with Crippen LogP contribution in [-0.2, 0) is 4.79 Å². The van der Waals surface area contributed by atoms with Gasteiger partial charge in [-0.25, -0.2) is 4.98 Å². The Bertz CT molecular complexity index is 1570. The second kappa shape index (κ2) is 10.4. The number of carbonyl (C=O) groups is 1. The molecule has 36 heavy (non-hydrogen) atoms. The van der Waals surface area contributed by atoms with Gasteiger partial charge in [0.1, 0.15) is 17.0 Å². The zero-order valence-electron chi connectivity index (χ0n) is 18.5. The zero-order valence-corrected chi connectivity index (χ0v) is 20.8. The zero-order chi connectivity index (χ0) is 25.1. The van der Waals surface area contributed by atoms with Crippen molar-refractivity contribution in [2.75, 3.05) is 5.32 Å². The maximum atomic E-state index is 12.3. The number of para-hydroxylation sites is 2. The molecule has 0 fully saturated rings. The minimum Gasteiger partial charge on any atom is -0.457 e. The second-order valence-electron chi connectivity index (χ2n) is 7.67. The minimum atomic E-state index is -0.405. The van der Waals surface area contributed by atoms with E-state index < -0.39 is 5.91 Å². The summed E-state index contributed by atoms with van der Waals surface area (Å²) in [5.74, 6) is 1.18. The van der Waals surface area contributed by atoms with Gasteiger partial charge >= 0.3 is 0 Å². The van der Waals surface area contributed by atoms with Gasteiger partial charge in [0.25, 0.3) is 0 Å². The van der Waals surface area contributed by atoms with Crippen molar-refractivity contribution in [2.45, 2.75) is 0 Å². The number of hydrogen-bond donors (Lipinski definition) is 2. The van der Waals surface area contributed by atoms with Crippen molar-refractivity contribution in [1.82, 2.24) is 10.3 Å². The Hall–Kier alpha value is -3.91. The van der Waals surface area contributed by atoms with E-state index in [1.165, 1.54) is 6.08 Å². The molecule has 0 radical (unpaired) electrons. The Morgan fingerprint density at radius 2 is 1.75 bits per heavy atom. The summed E-state index contributed by atoms with van der Waals surface area (Å²) >= 11 is 17.4. The number of amides is 1. The number of halogens is 2. The van der Waals surface area contributed by atoms with Crippen LogP contribution in [0.3, 0.4) is 0 Å². The first kappa shape index (κ1) is 23.8. The van der Waals surface area contributed by atoms with Gasteiger partial charge in [-0.05, 0) is 85.0 Å². The highest BCUT2D eigenvalue weighted by Crippen LogP contribution is 2.31. The molecule has 1 amide bonds. The van der Waals surface area contributed by atoms with Crippen LogP contribution in [0, 0.1) is 0 Å². The van der Waals surface area contributed by atoms with E-state index in [9.17, 15) is 4.79 Å². The first-order valence-corrected chi connectivity index (χ1v) is 11.9. The predicted molar refractivity (Wildman–Crippen MR) is 147 cm³/mol. The van der Waals surface area contributed by atoms with Gasteiger partial charge < -0.3 is 14.2 Å². The molecule has 5 aromatic rings. The lowest BCUT2D eigenvalue weighted by Crippen LogP contribution is -2.32. The maximum absolute atomic E-state index is 12.3. The van der Waals surface area contributed by atoms with Crippen LogP contribution >= 0.6 is 35.4 Å². The van der Waals surface area contributed by atoms with Gasteiger partial charge in [0.2, 0.25) is 11.8 Å². The van der Waals surface area contributed by atoms with Crippen molar-refractivity contribution in [1.29, 1.82) is 0 Å². The molecule has 6 nitrogen and oxygen atoms in total. The van der Waals surface area contributed by atoms with Gasteiger partial charge in [-0.15, -0.1) is 0 Å². The van der Waals surface area contributed by atoms with Crippen LogP contribution in [-0.4, -0.2) is 16.0 Å². The van der Waals surface area contributed by atoms with Gasteiger partial charge in [0, 0.05) is 27.9 Å². The van der Waals surface area contributed by atoms with Crippen molar-refractivity contribution in [3.63, 3.8) is 0 Å². The summed E-state index contributed by atoms with van der Waals surface area (Å²) < 4.78 is 11.5. The quantitative estimate of drug-likeness (QED) is 0.179. The van der Waals surface area contributed by atoms with Gasteiger partial charge in [-0.3, -0.25) is 10.1 Å². The van der Waals surface area contributed by atoms with Crippen LogP contribution < -0.4 is 10.6 Å². The molecule has 0 saturated carbocycles. The molecule has 0 aliphatic heterocycles. The number of anilines is 1. The molecule has 0 bridgehead atoms.